The minimum atomic E-state index is -0.379. The Bertz CT molecular complexity index is 725. The minimum absolute atomic E-state index is 0.195. The molecule has 0 atom stereocenters. The second-order valence-electron chi connectivity index (χ2n) is 6.00. The second kappa shape index (κ2) is 10.6. The lowest BCUT2D eigenvalue weighted by atomic mass is 10.2. The van der Waals surface area contributed by atoms with E-state index in [1.54, 1.807) is 19.2 Å². The van der Waals surface area contributed by atoms with Gasteiger partial charge in [-0.2, -0.15) is 0 Å². The first-order valence-electron chi connectivity index (χ1n) is 8.69. The SMILES string of the molecule is CCCCCNCc1cc(OC)c(OCc2ccc(F)cc2Cl)cc1Cl. The van der Waals surface area contributed by atoms with Crippen LogP contribution < -0.4 is 14.8 Å². The Hall–Kier alpha value is -1.49. The molecule has 2 aromatic carbocycles. The molecular formula is C20H24Cl2FNO2. The molecule has 0 radical (unpaired) electrons. The highest BCUT2D eigenvalue weighted by Crippen LogP contribution is 2.34. The molecule has 6 heteroatoms. The largest absolute Gasteiger partial charge is 0.493 e. The van der Waals surface area contributed by atoms with E-state index in [9.17, 15) is 4.39 Å². The van der Waals surface area contributed by atoms with Crippen molar-refractivity contribution in [2.24, 2.45) is 0 Å². The Morgan fingerprint density at radius 3 is 2.46 bits per heavy atom. The third-order valence-electron chi connectivity index (χ3n) is 4.00. The van der Waals surface area contributed by atoms with Crippen LogP contribution in [0.25, 0.3) is 0 Å². The number of nitrogens with one attached hydrogen (secondary N) is 1. The quantitative estimate of drug-likeness (QED) is 0.496. The van der Waals surface area contributed by atoms with Gasteiger partial charge in [0.1, 0.15) is 12.4 Å². The van der Waals surface area contributed by atoms with E-state index in [1.807, 2.05) is 6.07 Å². The summed E-state index contributed by atoms with van der Waals surface area (Å²) in [6, 6.07) is 7.82. The molecule has 0 aliphatic carbocycles. The molecule has 0 unspecified atom stereocenters. The van der Waals surface area contributed by atoms with Crippen LogP contribution in [0.1, 0.15) is 37.3 Å². The predicted octanol–water partition coefficient (Wildman–Crippen LogP) is 6.00. The summed E-state index contributed by atoms with van der Waals surface area (Å²) in [6.45, 7) is 4.00. The molecule has 26 heavy (non-hydrogen) atoms. The van der Waals surface area contributed by atoms with Crippen molar-refractivity contribution in [3.63, 3.8) is 0 Å². The highest BCUT2D eigenvalue weighted by molar-refractivity contribution is 6.31. The molecule has 2 aromatic rings. The monoisotopic (exact) mass is 399 g/mol. The van der Waals surface area contributed by atoms with Crippen LogP contribution in [0.5, 0.6) is 11.5 Å². The van der Waals surface area contributed by atoms with Gasteiger partial charge in [-0.25, -0.2) is 4.39 Å². The summed E-state index contributed by atoms with van der Waals surface area (Å²) < 4.78 is 24.3. The lowest BCUT2D eigenvalue weighted by Crippen LogP contribution is -2.15. The zero-order valence-electron chi connectivity index (χ0n) is 15.1. The van der Waals surface area contributed by atoms with Crippen LogP contribution in [0.3, 0.4) is 0 Å². The van der Waals surface area contributed by atoms with Crippen LogP contribution in [-0.4, -0.2) is 13.7 Å². The number of benzene rings is 2. The minimum Gasteiger partial charge on any atom is -0.493 e. The summed E-state index contributed by atoms with van der Waals surface area (Å²) in [5.74, 6) is 0.737. The molecule has 0 fully saturated rings. The van der Waals surface area contributed by atoms with Crippen molar-refractivity contribution in [3.8, 4) is 11.5 Å². The Labute approximate surface area is 164 Å². The summed E-state index contributed by atoms with van der Waals surface area (Å²) in [5, 5.41) is 4.31. The van der Waals surface area contributed by atoms with Gasteiger partial charge in [-0.15, -0.1) is 0 Å². The van der Waals surface area contributed by atoms with Crippen molar-refractivity contribution in [1.82, 2.24) is 5.32 Å². The molecule has 0 heterocycles. The van der Waals surface area contributed by atoms with Gasteiger partial charge in [-0.1, -0.05) is 49.0 Å². The topological polar surface area (TPSA) is 30.5 Å². The van der Waals surface area contributed by atoms with Crippen molar-refractivity contribution in [2.45, 2.75) is 39.3 Å². The summed E-state index contributed by atoms with van der Waals surface area (Å²) in [4.78, 5) is 0. The standard InChI is InChI=1S/C20H24Cl2FNO2/c1-3-4-5-8-24-12-15-9-19(25-2)20(11-18(15)22)26-13-14-6-7-16(23)10-17(14)21/h6-7,9-11,24H,3-5,8,12-13H2,1-2H3. The molecule has 142 valence electrons. The van der Waals surface area contributed by atoms with Gasteiger partial charge in [0, 0.05) is 23.2 Å². The van der Waals surface area contributed by atoms with Crippen molar-refractivity contribution in [2.75, 3.05) is 13.7 Å². The molecule has 3 nitrogen and oxygen atoms in total. The Morgan fingerprint density at radius 1 is 1.00 bits per heavy atom. The zero-order valence-corrected chi connectivity index (χ0v) is 16.6. The first-order chi connectivity index (χ1) is 12.5. The molecule has 0 aromatic heterocycles. The fraction of sp³-hybridized carbons (Fsp3) is 0.400. The van der Waals surface area contributed by atoms with Gasteiger partial charge in [0.15, 0.2) is 11.5 Å². The van der Waals surface area contributed by atoms with Gasteiger partial charge in [-0.3, -0.25) is 0 Å². The number of methoxy groups -OCH3 is 1. The van der Waals surface area contributed by atoms with E-state index in [0.29, 0.717) is 33.7 Å². The fourth-order valence-electron chi connectivity index (χ4n) is 2.50. The van der Waals surface area contributed by atoms with E-state index in [-0.39, 0.29) is 12.4 Å². The molecular weight excluding hydrogens is 376 g/mol. The smallest absolute Gasteiger partial charge is 0.163 e. The van der Waals surface area contributed by atoms with Gasteiger partial charge in [0.25, 0.3) is 0 Å². The highest BCUT2D eigenvalue weighted by atomic mass is 35.5. The van der Waals surface area contributed by atoms with Crippen LogP contribution in [0, 0.1) is 5.82 Å². The molecule has 0 aliphatic rings. The van der Waals surface area contributed by atoms with Crippen molar-refractivity contribution in [3.05, 3.63) is 57.3 Å². The number of hydrogen-bond donors (Lipinski definition) is 1. The summed E-state index contributed by atoms with van der Waals surface area (Å²) >= 11 is 12.4. The Balaban J connectivity index is 2.03. The molecule has 0 aliphatic heterocycles. The molecule has 0 saturated carbocycles. The molecule has 0 saturated heterocycles. The maximum Gasteiger partial charge on any atom is 0.163 e. The number of rotatable bonds is 10. The first-order valence-corrected chi connectivity index (χ1v) is 9.44. The molecule has 0 spiro atoms. The molecule has 2 rings (SSSR count). The van der Waals surface area contributed by atoms with Crippen molar-refractivity contribution >= 4 is 23.2 Å². The number of halogens is 3. The van der Waals surface area contributed by atoms with Crippen LogP contribution >= 0.6 is 23.2 Å². The van der Waals surface area contributed by atoms with E-state index >= 15 is 0 Å². The zero-order chi connectivity index (χ0) is 18.9. The van der Waals surface area contributed by atoms with Crippen molar-refractivity contribution in [1.29, 1.82) is 0 Å². The third-order valence-corrected chi connectivity index (χ3v) is 4.71. The number of unbranched alkanes of at least 4 members (excludes halogenated alkanes) is 2. The second-order valence-corrected chi connectivity index (χ2v) is 6.82. The summed E-state index contributed by atoms with van der Waals surface area (Å²) in [5.41, 5.74) is 1.64. The van der Waals surface area contributed by atoms with Crippen LogP contribution in [0.2, 0.25) is 10.0 Å². The van der Waals surface area contributed by atoms with Crippen LogP contribution in [0.4, 0.5) is 4.39 Å². The lowest BCUT2D eigenvalue weighted by Gasteiger charge is -2.15. The van der Waals surface area contributed by atoms with Gasteiger partial charge in [-0.05, 0) is 36.7 Å². The number of ether oxygens (including phenoxy) is 2. The van der Waals surface area contributed by atoms with Gasteiger partial charge in [0.05, 0.1) is 12.1 Å². The Morgan fingerprint density at radius 2 is 1.77 bits per heavy atom. The predicted molar refractivity (Wildman–Crippen MR) is 105 cm³/mol. The highest BCUT2D eigenvalue weighted by Gasteiger charge is 2.12. The van der Waals surface area contributed by atoms with E-state index < -0.39 is 0 Å². The van der Waals surface area contributed by atoms with E-state index in [2.05, 4.69) is 12.2 Å². The average molecular weight is 400 g/mol. The van der Waals surface area contributed by atoms with Gasteiger partial charge >= 0.3 is 0 Å². The van der Waals surface area contributed by atoms with Gasteiger partial charge in [0.2, 0.25) is 0 Å². The average Bonchev–Trinajstić information content (AvgIpc) is 2.62. The molecule has 0 bridgehead atoms. The maximum atomic E-state index is 13.1. The number of hydrogen-bond acceptors (Lipinski definition) is 3. The first kappa shape index (κ1) is 20.8. The van der Waals surface area contributed by atoms with E-state index in [4.69, 9.17) is 32.7 Å². The molecule has 1 N–H and O–H groups in total. The fourth-order valence-corrected chi connectivity index (χ4v) is 2.94. The van der Waals surface area contributed by atoms with E-state index in [0.717, 1.165) is 18.5 Å². The summed E-state index contributed by atoms with van der Waals surface area (Å²) in [6.07, 6.45) is 3.55. The maximum absolute atomic E-state index is 13.1. The van der Waals surface area contributed by atoms with Crippen LogP contribution in [0.15, 0.2) is 30.3 Å². The van der Waals surface area contributed by atoms with E-state index in [1.165, 1.54) is 25.0 Å². The van der Waals surface area contributed by atoms with Crippen LogP contribution in [-0.2, 0) is 13.2 Å². The van der Waals surface area contributed by atoms with Gasteiger partial charge < -0.3 is 14.8 Å². The normalized spacial score (nSPS) is 10.8. The summed E-state index contributed by atoms with van der Waals surface area (Å²) in [7, 11) is 1.58. The lowest BCUT2D eigenvalue weighted by molar-refractivity contribution is 0.284. The van der Waals surface area contributed by atoms with Crippen molar-refractivity contribution < 1.29 is 13.9 Å². The molecule has 0 amide bonds. The third kappa shape index (κ3) is 6.04. The Kier molecular flexibility index (Phi) is 8.49.